The van der Waals surface area contributed by atoms with Crippen LogP contribution in [0.4, 0.5) is 0 Å². The van der Waals surface area contributed by atoms with E-state index in [-0.39, 0.29) is 17.0 Å². The number of hydrogen-bond donors (Lipinski definition) is 0. The highest BCUT2D eigenvalue weighted by Gasteiger charge is 2.58. The number of likely N-dealkylation sites (tertiary alicyclic amines) is 1. The molecule has 2 heteroatoms. The van der Waals surface area contributed by atoms with Crippen molar-refractivity contribution in [2.75, 3.05) is 0 Å². The molecular formula is C15H29NO. The van der Waals surface area contributed by atoms with Gasteiger partial charge >= 0.3 is 0 Å². The third-order valence-electron chi connectivity index (χ3n) is 4.57. The fourth-order valence-electron chi connectivity index (χ4n) is 3.88. The van der Waals surface area contributed by atoms with Crippen LogP contribution in [-0.2, 0) is 4.79 Å². The van der Waals surface area contributed by atoms with Crippen LogP contribution in [0.1, 0.15) is 61.8 Å². The lowest BCUT2D eigenvalue weighted by atomic mass is 9.66. The quantitative estimate of drug-likeness (QED) is 0.735. The van der Waals surface area contributed by atoms with Crippen molar-refractivity contribution in [1.29, 1.82) is 0 Å². The van der Waals surface area contributed by atoms with E-state index in [4.69, 9.17) is 0 Å². The van der Waals surface area contributed by atoms with Crippen LogP contribution in [0.2, 0.25) is 0 Å². The number of nitrogens with zero attached hydrogens (tertiary/aromatic N) is 1. The van der Waals surface area contributed by atoms with Gasteiger partial charge in [0, 0.05) is 11.6 Å². The van der Waals surface area contributed by atoms with Crippen LogP contribution in [0.5, 0.6) is 0 Å². The standard InChI is InChI=1S/C15H29NO/c1-10(2)15(11(3)4)9-14(7,8)16(12(5)6)13(15)17/h10-12H,9H2,1-8H3. The first kappa shape index (κ1) is 14.5. The molecule has 1 aliphatic heterocycles. The second kappa shape index (κ2) is 4.29. The van der Waals surface area contributed by atoms with Crippen molar-refractivity contribution in [3.63, 3.8) is 0 Å². The van der Waals surface area contributed by atoms with Gasteiger partial charge in [0.25, 0.3) is 0 Å². The van der Waals surface area contributed by atoms with Crippen LogP contribution in [-0.4, -0.2) is 22.4 Å². The Kier molecular flexibility index (Phi) is 3.67. The summed E-state index contributed by atoms with van der Waals surface area (Å²) in [6.07, 6.45) is 0.979. The molecule has 0 aromatic carbocycles. The average Bonchev–Trinajstić information content (AvgIpc) is 2.33. The zero-order chi connectivity index (χ0) is 13.6. The summed E-state index contributed by atoms with van der Waals surface area (Å²) in [5.41, 5.74) is -0.187. The topological polar surface area (TPSA) is 20.3 Å². The van der Waals surface area contributed by atoms with E-state index in [0.29, 0.717) is 17.7 Å². The van der Waals surface area contributed by atoms with Crippen molar-refractivity contribution in [2.45, 2.75) is 73.4 Å². The molecular weight excluding hydrogens is 210 g/mol. The van der Waals surface area contributed by atoms with Gasteiger partial charge in [0.15, 0.2) is 0 Å². The van der Waals surface area contributed by atoms with Gasteiger partial charge in [-0.05, 0) is 46.0 Å². The van der Waals surface area contributed by atoms with E-state index in [9.17, 15) is 4.79 Å². The lowest BCUT2D eigenvalue weighted by Crippen LogP contribution is -2.47. The molecule has 0 spiro atoms. The van der Waals surface area contributed by atoms with Crippen LogP contribution in [0, 0.1) is 17.3 Å². The third kappa shape index (κ3) is 2.00. The van der Waals surface area contributed by atoms with Crippen molar-refractivity contribution >= 4 is 5.91 Å². The number of rotatable bonds is 3. The van der Waals surface area contributed by atoms with Gasteiger partial charge in [0.2, 0.25) is 5.91 Å². The Bertz CT molecular complexity index is 294. The molecule has 1 fully saturated rings. The predicted molar refractivity (Wildman–Crippen MR) is 72.8 cm³/mol. The van der Waals surface area contributed by atoms with Crippen molar-refractivity contribution in [3.05, 3.63) is 0 Å². The second-order valence-corrected chi connectivity index (χ2v) is 7.11. The Morgan fingerprint density at radius 1 is 1.00 bits per heavy atom. The lowest BCUT2D eigenvalue weighted by Gasteiger charge is -2.36. The monoisotopic (exact) mass is 239 g/mol. The molecule has 1 heterocycles. The van der Waals surface area contributed by atoms with E-state index in [2.05, 4.69) is 60.3 Å². The van der Waals surface area contributed by atoms with E-state index in [1.54, 1.807) is 0 Å². The van der Waals surface area contributed by atoms with Gasteiger partial charge in [-0.15, -0.1) is 0 Å². The zero-order valence-corrected chi connectivity index (χ0v) is 12.8. The second-order valence-electron chi connectivity index (χ2n) is 7.11. The summed E-state index contributed by atoms with van der Waals surface area (Å²) in [5, 5.41) is 0. The minimum Gasteiger partial charge on any atom is -0.335 e. The summed E-state index contributed by atoms with van der Waals surface area (Å²) in [7, 11) is 0. The molecule has 0 N–H and O–H groups in total. The zero-order valence-electron chi connectivity index (χ0n) is 12.8. The summed E-state index contributed by atoms with van der Waals surface area (Å²) in [6.45, 7) is 17.4. The van der Waals surface area contributed by atoms with Gasteiger partial charge in [-0.3, -0.25) is 4.79 Å². The molecule has 0 radical (unpaired) electrons. The molecule has 1 aliphatic rings. The summed E-state index contributed by atoms with van der Waals surface area (Å²) in [4.78, 5) is 15.0. The first-order chi connectivity index (χ1) is 7.57. The SMILES string of the molecule is CC(C)N1C(=O)C(C(C)C)(C(C)C)CC1(C)C. The average molecular weight is 239 g/mol. The minimum atomic E-state index is -0.173. The Morgan fingerprint density at radius 2 is 1.41 bits per heavy atom. The maximum absolute atomic E-state index is 12.9. The van der Waals surface area contributed by atoms with Crippen molar-refractivity contribution in [3.8, 4) is 0 Å². The van der Waals surface area contributed by atoms with Crippen molar-refractivity contribution < 1.29 is 4.79 Å². The summed E-state index contributed by atoms with van der Waals surface area (Å²) < 4.78 is 0. The Morgan fingerprint density at radius 3 is 1.59 bits per heavy atom. The molecule has 1 rings (SSSR count). The van der Waals surface area contributed by atoms with Crippen LogP contribution in [0.3, 0.4) is 0 Å². The fraction of sp³-hybridized carbons (Fsp3) is 0.933. The van der Waals surface area contributed by atoms with E-state index >= 15 is 0 Å². The molecule has 1 saturated heterocycles. The Hall–Kier alpha value is -0.530. The molecule has 17 heavy (non-hydrogen) atoms. The van der Waals surface area contributed by atoms with Crippen LogP contribution >= 0.6 is 0 Å². The number of hydrogen-bond acceptors (Lipinski definition) is 1. The maximum atomic E-state index is 12.9. The number of carbonyl (C=O) groups excluding carboxylic acids is 1. The predicted octanol–water partition coefficient (Wildman–Crippen LogP) is 3.70. The molecule has 0 atom stereocenters. The van der Waals surface area contributed by atoms with Gasteiger partial charge in [0.05, 0.1) is 5.41 Å². The van der Waals surface area contributed by atoms with Gasteiger partial charge in [0.1, 0.15) is 0 Å². The van der Waals surface area contributed by atoms with Gasteiger partial charge in [-0.1, -0.05) is 27.7 Å². The first-order valence-corrected chi connectivity index (χ1v) is 6.91. The highest BCUT2D eigenvalue weighted by molar-refractivity contribution is 5.87. The van der Waals surface area contributed by atoms with Crippen LogP contribution in [0.25, 0.3) is 0 Å². The maximum Gasteiger partial charge on any atom is 0.230 e. The first-order valence-electron chi connectivity index (χ1n) is 6.91. The summed E-state index contributed by atoms with van der Waals surface area (Å²) in [5.74, 6) is 1.17. The molecule has 0 unspecified atom stereocenters. The molecule has 0 aliphatic carbocycles. The molecule has 2 nitrogen and oxygen atoms in total. The van der Waals surface area contributed by atoms with Gasteiger partial charge in [-0.25, -0.2) is 0 Å². The molecule has 100 valence electrons. The van der Waals surface area contributed by atoms with E-state index < -0.39 is 0 Å². The lowest BCUT2D eigenvalue weighted by molar-refractivity contribution is -0.143. The summed E-state index contributed by atoms with van der Waals surface area (Å²) in [6, 6.07) is 0.289. The minimum absolute atomic E-state index is 0.0141. The molecule has 1 amide bonds. The van der Waals surface area contributed by atoms with Crippen LogP contribution in [0.15, 0.2) is 0 Å². The van der Waals surface area contributed by atoms with Gasteiger partial charge in [-0.2, -0.15) is 0 Å². The smallest absolute Gasteiger partial charge is 0.230 e. The summed E-state index contributed by atoms with van der Waals surface area (Å²) >= 11 is 0. The van der Waals surface area contributed by atoms with E-state index in [1.807, 2.05) is 0 Å². The normalized spacial score (nSPS) is 23.2. The largest absolute Gasteiger partial charge is 0.335 e. The van der Waals surface area contributed by atoms with Gasteiger partial charge < -0.3 is 4.90 Å². The highest BCUT2D eigenvalue weighted by Crippen LogP contribution is 2.52. The molecule has 0 aromatic heterocycles. The van der Waals surface area contributed by atoms with Crippen LogP contribution < -0.4 is 0 Å². The van der Waals surface area contributed by atoms with Crippen molar-refractivity contribution in [2.24, 2.45) is 17.3 Å². The van der Waals surface area contributed by atoms with E-state index in [0.717, 1.165) is 6.42 Å². The highest BCUT2D eigenvalue weighted by atomic mass is 16.2. The Labute approximate surface area is 107 Å². The molecule has 0 aromatic rings. The van der Waals surface area contributed by atoms with E-state index in [1.165, 1.54) is 0 Å². The molecule has 0 saturated carbocycles. The molecule has 0 bridgehead atoms. The number of amides is 1. The number of carbonyl (C=O) groups is 1. The van der Waals surface area contributed by atoms with Crippen molar-refractivity contribution in [1.82, 2.24) is 4.90 Å². The Balaban J connectivity index is 3.27. The fourth-order valence-corrected chi connectivity index (χ4v) is 3.88. The third-order valence-corrected chi connectivity index (χ3v) is 4.57.